The molecule has 1 aromatic heterocycles. The first kappa shape index (κ1) is 20.7. The van der Waals surface area contributed by atoms with Gasteiger partial charge in [0.15, 0.2) is 0 Å². The van der Waals surface area contributed by atoms with Crippen LogP contribution in [0.5, 0.6) is 0 Å². The van der Waals surface area contributed by atoms with Crippen molar-refractivity contribution in [3.8, 4) is 0 Å². The van der Waals surface area contributed by atoms with Crippen LogP contribution in [0, 0.1) is 0 Å². The van der Waals surface area contributed by atoms with Crippen LogP contribution in [0.3, 0.4) is 0 Å². The average Bonchev–Trinajstić information content (AvgIpc) is 2.78. The van der Waals surface area contributed by atoms with Gasteiger partial charge in [-0.2, -0.15) is 0 Å². The molecule has 1 atom stereocenters. The summed E-state index contributed by atoms with van der Waals surface area (Å²) >= 11 is 0. The highest BCUT2D eigenvalue weighted by Gasteiger charge is 2.22. The van der Waals surface area contributed by atoms with Crippen LogP contribution in [0.25, 0.3) is 10.9 Å². The molecule has 2 N–H and O–H groups in total. The van der Waals surface area contributed by atoms with Crippen molar-refractivity contribution in [3.05, 3.63) is 66.2 Å². The number of rotatable bonds is 7. The quantitative estimate of drug-likeness (QED) is 0.554. The lowest BCUT2D eigenvalue weighted by molar-refractivity contribution is 0.349. The van der Waals surface area contributed by atoms with Gasteiger partial charge in [-0.1, -0.05) is 55.5 Å². The summed E-state index contributed by atoms with van der Waals surface area (Å²) in [5.41, 5.74) is 3.68. The lowest BCUT2D eigenvalue weighted by Crippen LogP contribution is -2.38. The van der Waals surface area contributed by atoms with E-state index < -0.39 is 0 Å². The second-order valence-corrected chi connectivity index (χ2v) is 8.85. The third-order valence-electron chi connectivity index (χ3n) is 6.34. The van der Waals surface area contributed by atoms with E-state index in [9.17, 15) is 0 Å². The molecule has 4 heteroatoms. The van der Waals surface area contributed by atoms with Crippen molar-refractivity contribution < 1.29 is 0 Å². The molecule has 0 bridgehead atoms. The molecule has 1 aliphatic carbocycles. The van der Waals surface area contributed by atoms with Gasteiger partial charge in [0.25, 0.3) is 0 Å². The molecule has 158 valence electrons. The summed E-state index contributed by atoms with van der Waals surface area (Å²) in [4.78, 5) is 7.04. The summed E-state index contributed by atoms with van der Waals surface area (Å²) < 4.78 is 0. The van der Waals surface area contributed by atoms with Gasteiger partial charge in [0.05, 0.1) is 5.52 Å². The fourth-order valence-corrected chi connectivity index (χ4v) is 4.49. The van der Waals surface area contributed by atoms with E-state index in [0.29, 0.717) is 18.0 Å². The van der Waals surface area contributed by atoms with Crippen LogP contribution >= 0.6 is 0 Å². The number of nitrogens with one attached hydrogen (secondary N) is 2. The summed E-state index contributed by atoms with van der Waals surface area (Å²) in [6, 6.07) is 22.5. The molecule has 1 heterocycles. The third-order valence-corrected chi connectivity index (χ3v) is 6.34. The van der Waals surface area contributed by atoms with Crippen LogP contribution in [-0.4, -0.2) is 37.7 Å². The van der Waals surface area contributed by atoms with Crippen molar-refractivity contribution in [1.82, 2.24) is 10.3 Å². The Morgan fingerprint density at radius 3 is 2.33 bits per heavy atom. The number of aromatic nitrogens is 1. The van der Waals surface area contributed by atoms with Crippen LogP contribution in [0.2, 0.25) is 0 Å². The molecule has 0 spiro atoms. The van der Waals surface area contributed by atoms with E-state index in [1.54, 1.807) is 0 Å². The maximum atomic E-state index is 4.87. The summed E-state index contributed by atoms with van der Waals surface area (Å²) in [6.07, 6.45) is 4.80. The number of para-hydroxylation sites is 1. The number of nitrogens with zero attached hydrogens (tertiary/aromatic N) is 2. The Bertz CT molecular complexity index is 946. The van der Waals surface area contributed by atoms with Crippen LogP contribution < -0.4 is 15.5 Å². The number of fused-ring (bicyclic) bond motifs is 1. The predicted octanol–water partition coefficient (Wildman–Crippen LogP) is 5.42. The van der Waals surface area contributed by atoms with Gasteiger partial charge < -0.3 is 15.5 Å². The van der Waals surface area contributed by atoms with Crippen LogP contribution in [-0.2, 0) is 0 Å². The minimum Gasteiger partial charge on any atom is -0.377 e. The minimum atomic E-state index is 0.498. The molecular formula is C26H34N4. The third kappa shape index (κ3) is 4.93. The first-order chi connectivity index (χ1) is 14.6. The van der Waals surface area contributed by atoms with Gasteiger partial charge in [-0.15, -0.1) is 0 Å². The number of hydrogen-bond acceptors (Lipinski definition) is 4. The molecule has 1 saturated carbocycles. The van der Waals surface area contributed by atoms with Crippen LogP contribution in [0.15, 0.2) is 60.7 Å². The standard InChI is InChI=1S/C26H34N4/c1-19(20-9-5-4-6-10-20)18-27-21-13-15-22(16-14-21)28-26-17-25(30(2)3)23-11-7-8-12-24(23)29-26/h4-12,17,19,21-22,27H,13-16,18H2,1-3H3,(H,28,29)/t19?,21-,22+. The Balaban J connectivity index is 1.32. The summed E-state index contributed by atoms with van der Waals surface area (Å²) in [5.74, 6) is 1.54. The van der Waals surface area contributed by atoms with Gasteiger partial charge in [0.2, 0.25) is 0 Å². The first-order valence-corrected chi connectivity index (χ1v) is 11.2. The van der Waals surface area contributed by atoms with Crippen molar-refractivity contribution in [2.45, 2.75) is 50.6 Å². The number of hydrogen-bond donors (Lipinski definition) is 2. The molecule has 30 heavy (non-hydrogen) atoms. The number of pyridine rings is 1. The largest absolute Gasteiger partial charge is 0.377 e. The van der Waals surface area contributed by atoms with E-state index in [1.807, 2.05) is 0 Å². The average molecular weight is 403 g/mol. The molecule has 0 radical (unpaired) electrons. The Hall–Kier alpha value is -2.59. The van der Waals surface area contributed by atoms with E-state index >= 15 is 0 Å². The van der Waals surface area contributed by atoms with Crippen LogP contribution in [0.4, 0.5) is 11.5 Å². The van der Waals surface area contributed by atoms with Crippen molar-refractivity contribution in [3.63, 3.8) is 0 Å². The van der Waals surface area contributed by atoms with Crippen molar-refractivity contribution in [2.75, 3.05) is 30.9 Å². The molecule has 0 amide bonds. The normalized spacial score (nSPS) is 20.1. The summed E-state index contributed by atoms with van der Waals surface area (Å²) in [5, 5.41) is 8.72. The molecular weight excluding hydrogens is 368 g/mol. The zero-order chi connectivity index (χ0) is 20.9. The molecule has 2 aromatic carbocycles. The fraction of sp³-hybridized carbons (Fsp3) is 0.423. The highest BCUT2D eigenvalue weighted by molar-refractivity contribution is 5.93. The van der Waals surface area contributed by atoms with Gasteiger partial charge >= 0.3 is 0 Å². The Morgan fingerprint density at radius 1 is 0.933 bits per heavy atom. The molecule has 0 aliphatic heterocycles. The van der Waals surface area contributed by atoms with E-state index in [0.717, 1.165) is 17.9 Å². The highest BCUT2D eigenvalue weighted by Crippen LogP contribution is 2.29. The predicted molar refractivity (Wildman–Crippen MR) is 129 cm³/mol. The van der Waals surface area contributed by atoms with E-state index in [1.165, 1.54) is 42.3 Å². The van der Waals surface area contributed by atoms with Gasteiger partial charge in [0.1, 0.15) is 5.82 Å². The Labute approximate surface area is 180 Å². The monoisotopic (exact) mass is 402 g/mol. The van der Waals surface area contributed by atoms with E-state index in [-0.39, 0.29) is 0 Å². The van der Waals surface area contributed by atoms with E-state index in [2.05, 4.69) is 97.2 Å². The molecule has 1 aliphatic rings. The van der Waals surface area contributed by atoms with E-state index in [4.69, 9.17) is 4.98 Å². The van der Waals surface area contributed by atoms with Crippen molar-refractivity contribution in [1.29, 1.82) is 0 Å². The fourth-order valence-electron chi connectivity index (χ4n) is 4.49. The molecule has 1 unspecified atom stereocenters. The van der Waals surface area contributed by atoms with Gasteiger partial charge in [0, 0.05) is 49.9 Å². The maximum Gasteiger partial charge on any atom is 0.128 e. The lowest BCUT2D eigenvalue weighted by atomic mass is 9.90. The first-order valence-electron chi connectivity index (χ1n) is 11.2. The second kappa shape index (κ2) is 9.48. The SMILES string of the molecule is CC(CN[C@H]1CC[C@@H](Nc2cc(N(C)C)c3ccccc3n2)CC1)c1ccccc1. The summed E-state index contributed by atoms with van der Waals surface area (Å²) in [6.45, 7) is 3.36. The molecule has 4 nitrogen and oxygen atoms in total. The van der Waals surface area contributed by atoms with Crippen LogP contribution in [0.1, 0.15) is 44.1 Å². The zero-order valence-corrected chi connectivity index (χ0v) is 18.4. The molecule has 3 aromatic rings. The number of benzene rings is 2. The highest BCUT2D eigenvalue weighted by atomic mass is 15.1. The van der Waals surface area contributed by atoms with Gasteiger partial charge in [-0.3, -0.25) is 0 Å². The number of anilines is 2. The Morgan fingerprint density at radius 2 is 1.60 bits per heavy atom. The smallest absolute Gasteiger partial charge is 0.128 e. The molecule has 0 saturated heterocycles. The molecule has 1 fully saturated rings. The lowest BCUT2D eigenvalue weighted by Gasteiger charge is -2.31. The van der Waals surface area contributed by atoms with Crippen molar-refractivity contribution >= 4 is 22.4 Å². The second-order valence-electron chi connectivity index (χ2n) is 8.85. The molecule has 4 rings (SSSR count). The van der Waals surface area contributed by atoms with Gasteiger partial charge in [-0.25, -0.2) is 4.98 Å². The maximum absolute atomic E-state index is 4.87. The van der Waals surface area contributed by atoms with Gasteiger partial charge in [-0.05, 0) is 43.2 Å². The Kier molecular flexibility index (Phi) is 6.53. The zero-order valence-electron chi connectivity index (χ0n) is 18.4. The minimum absolute atomic E-state index is 0.498. The topological polar surface area (TPSA) is 40.2 Å². The van der Waals surface area contributed by atoms with Crippen molar-refractivity contribution in [2.24, 2.45) is 0 Å². The summed E-state index contributed by atoms with van der Waals surface area (Å²) in [7, 11) is 4.19.